The van der Waals surface area contributed by atoms with Crippen molar-refractivity contribution in [3.63, 3.8) is 0 Å². The zero-order valence-corrected chi connectivity index (χ0v) is 16.1. The Hall–Kier alpha value is -1.84. The fraction of sp³-hybridized carbons (Fsp3) is 0.250. The summed E-state index contributed by atoms with van der Waals surface area (Å²) in [6.07, 6.45) is 2.48. The van der Waals surface area contributed by atoms with Gasteiger partial charge in [-0.3, -0.25) is 4.79 Å². The van der Waals surface area contributed by atoms with Crippen molar-refractivity contribution in [1.82, 2.24) is 15.2 Å². The fourth-order valence-corrected chi connectivity index (χ4v) is 3.82. The fourth-order valence-electron chi connectivity index (χ4n) is 2.07. The highest BCUT2D eigenvalue weighted by Crippen LogP contribution is 2.25. The molecule has 1 amide bonds. The third-order valence-corrected chi connectivity index (χ3v) is 5.59. The van der Waals surface area contributed by atoms with Crippen molar-refractivity contribution >= 4 is 46.5 Å². The molecule has 0 aliphatic rings. The van der Waals surface area contributed by atoms with Crippen LogP contribution in [0.2, 0.25) is 0 Å². The van der Waals surface area contributed by atoms with E-state index in [0.717, 1.165) is 21.3 Å². The van der Waals surface area contributed by atoms with Crippen molar-refractivity contribution in [2.24, 2.45) is 0 Å². The van der Waals surface area contributed by atoms with E-state index in [-0.39, 0.29) is 11.7 Å². The molecular formula is C16H16N4O2S3. The van der Waals surface area contributed by atoms with Gasteiger partial charge >= 0.3 is 0 Å². The molecule has 0 saturated carbocycles. The summed E-state index contributed by atoms with van der Waals surface area (Å²) >= 11 is 4.40. The van der Waals surface area contributed by atoms with E-state index in [1.54, 1.807) is 23.1 Å². The lowest BCUT2D eigenvalue weighted by atomic mass is 10.3. The third kappa shape index (κ3) is 5.07. The van der Waals surface area contributed by atoms with Gasteiger partial charge in [0.1, 0.15) is 0 Å². The smallest absolute Gasteiger partial charge is 0.277 e. The molecule has 0 radical (unpaired) electrons. The summed E-state index contributed by atoms with van der Waals surface area (Å²) in [5.74, 6) is 0.600. The summed E-state index contributed by atoms with van der Waals surface area (Å²) in [6, 6.07) is 7.69. The number of para-hydroxylation sites is 1. The molecule has 25 heavy (non-hydrogen) atoms. The molecular weight excluding hydrogens is 376 g/mol. The Labute approximate surface area is 157 Å². The van der Waals surface area contributed by atoms with Crippen LogP contribution in [-0.4, -0.2) is 33.1 Å². The minimum absolute atomic E-state index is 0.110. The molecule has 0 unspecified atom stereocenters. The summed E-state index contributed by atoms with van der Waals surface area (Å²) < 4.78 is 5.56. The Morgan fingerprint density at radius 3 is 2.92 bits per heavy atom. The number of benzene rings is 1. The van der Waals surface area contributed by atoms with E-state index in [2.05, 4.69) is 20.5 Å². The number of anilines is 1. The van der Waals surface area contributed by atoms with Crippen molar-refractivity contribution in [1.29, 1.82) is 0 Å². The number of thiazole rings is 1. The first-order valence-corrected chi connectivity index (χ1v) is 10.5. The number of hydrogen-bond acceptors (Lipinski definition) is 8. The van der Waals surface area contributed by atoms with Crippen molar-refractivity contribution in [3.05, 3.63) is 46.2 Å². The highest BCUT2D eigenvalue weighted by Gasteiger charge is 2.12. The zero-order chi connectivity index (χ0) is 17.6. The van der Waals surface area contributed by atoms with Gasteiger partial charge in [0.2, 0.25) is 11.8 Å². The number of thioether (sulfide) groups is 2. The summed E-state index contributed by atoms with van der Waals surface area (Å²) in [6.45, 7) is 1.96. The molecule has 2 heterocycles. The van der Waals surface area contributed by atoms with Crippen LogP contribution < -0.4 is 5.32 Å². The number of aromatic nitrogens is 3. The number of carbonyl (C=O) groups is 1. The van der Waals surface area contributed by atoms with Gasteiger partial charge in [-0.1, -0.05) is 23.9 Å². The highest BCUT2D eigenvalue weighted by atomic mass is 32.2. The van der Waals surface area contributed by atoms with Crippen LogP contribution in [-0.2, 0) is 11.2 Å². The maximum atomic E-state index is 12.1. The maximum absolute atomic E-state index is 12.1. The van der Waals surface area contributed by atoms with E-state index in [0.29, 0.717) is 17.5 Å². The maximum Gasteiger partial charge on any atom is 0.277 e. The Morgan fingerprint density at radius 1 is 1.32 bits per heavy atom. The van der Waals surface area contributed by atoms with Gasteiger partial charge in [-0.2, -0.15) is 0 Å². The molecule has 0 fully saturated rings. The predicted molar refractivity (Wildman–Crippen MR) is 102 cm³/mol. The van der Waals surface area contributed by atoms with Crippen molar-refractivity contribution < 1.29 is 9.21 Å². The minimum Gasteiger partial charge on any atom is -0.416 e. The van der Waals surface area contributed by atoms with Crippen molar-refractivity contribution in [2.75, 3.05) is 17.3 Å². The summed E-state index contributed by atoms with van der Waals surface area (Å²) in [7, 11) is 0. The average Bonchev–Trinajstić information content (AvgIpc) is 3.23. The molecule has 130 valence electrons. The standard InChI is InChI=1S/C16H16N4O2S3/c1-10-17-11(8-24-10)7-15-19-20-16(22-15)25-9-14(21)18-12-5-3-4-6-13(12)23-2/h3-6,8H,7,9H2,1-2H3,(H,18,21). The lowest BCUT2D eigenvalue weighted by Gasteiger charge is -2.08. The van der Waals surface area contributed by atoms with E-state index >= 15 is 0 Å². The van der Waals surface area contributed by atoms with Crippen LogP contribution in [0, 0.1) is 6.92 Å². The van der Waals surface area contributed by atoms with Gasteiger partial charge in [0.25, 0.3) is 5.22 Å². The second kappa shape index (κ2) is 8.50. The molecule has 3 aromatic rings. The monoisotopic (exact) mass is 392 g/mol. The number of rotatable bonds is 7. The van der Waals surface area contributed by atoms with Gasteiger partial charge in [-0.05, 0) is 25.3 Å². The number of carbonyl (C=O) groups excluding carboxylic acids is 1. The van der Waals surface area contributed by atoms with E-state index in [1.165, 1.54) is 11.8 Å². The van der Waals surface area contributed by atoms with Gasteiger partial charge in [0.15, 0.2) is 0 Å². The van der Waals surface area contributed by atoms with Gasteiger partial charge in [-0.25, -0.2) is 4.98 Å². The molecule has 0 saturated heterocycles. The van der Waals surface area contributed by atoms with Crippen LogP contribution in [0.15, 0.2) is 44.2 Å². The van der Waals surface area contributed by atoms with Crippen LogP contribution >= 0.6 is 34.9 Å². The van der Waals surface area contributed by atoms with Gasteiger partial charge in [0, 0.05) is 10.3 Å². The van der Waals surface area contributed by atoms with E-state index < -0.39 is 0 Å². The Bertz CT molecular complexity index is 862. The van der Waals surface area contributed by atoms with E-state index in [4.69, 9.17) is 4.42 Å². The van der Waals surface area contributed by atoms with Crippen LogP contribution in [0.3, 0.4) is 0 Å². The largest absolute Gasteiger partial charge is 0.416 e. The third-order valence-electron chi connectivity index (χ3n) is 3.16. The Kier molecular flexibility index (Phi) is 6.11. The first kappa shape index (κ1) is 18.0. The van der Waals surface area contributed by atoms with Gasteiger partial charge in [-0.15, -0.1) is 33.3 Å². The molecule has 2 aromatic heterocycles. The molecule has 0 aliphatic heterocycles. The highest BCUT2D eigenvalue weighted by molar-refractivity contribution is 7.99. The molecule has 0 spiro atoms. The Balaban J connectivity index is 1.52. The van der Waals surface area contributed by atoms with Crippen LogP contribution in [0.5, 0.6) is 0 Å². The minimum atomic E-state index is -0.110. The first-order valence-electron chi connectivity index (χ1n) is 7.43. The molecule has 3 rings (SSSR count). The summed E-state index contributed by atoms with van der Waals surface area (Å²) in [5.41, 5.74) is 1.72. The van der Waals surface area contributed by atoms with Crippen LogP contribution in [0.25, 0.3) is 0 Å². The normalized spacial score (nSPS) is 10.8. The SMILES string of the molecule is CSc1ccccc1NC(=O)CSc1nnc(Cc2csc(C)n2)o1. The summed E-state index contributed by atoms with van der Waals surface area (Å²) in [4.78, 5) is 17.5. The topological polar surface area (TPSA) is 80.9 Å². The van der Waals surface area contributed by atoms with E-state index in [9.17, 15) is 4.79 Å². The first-order chi connectivity index (χ1) is 12.1. The summed E-state index contributed by atoms with van der Waals surface area (Å²) in [5, 5.41) is 14.2. The molecule has 0 aliphatic carbocycles. The average molecular weight is 393 g/mol. The van der Waals surface area contributed by atoms with Crippen molar-refractivity contribution in [3.8, 4) is 0 Å². The van der Waals surface area contributed by atoms with Crippen LogP contribution in [0.4, 0.5) is 5.69 Å². The van der Waals surface area contributed by atoms with Gasteiger partial charge in [0.05, 0.1) is 28.6 Å². The molecule has 0 atom stereocenters. The lowest BCUT2D eigenvalue weighted by molar-refractivity contribution is -0.113. The van der Waals surface area contributed by atoms with Crippen LogP contribution in [0.1, 0.15) is 16.6 Å². The zero-order valence-electron chi connectivity index (χ0n) is 13.7. The Morgan fingerprint density at radius 2 is 2.16 bits per heavy atom. The molecule has 1 N–H and O–H groups in total. The number of aryl methyl sites for hydroxylation is 1. The quantitative estimate of drug-likeness (QED) is 0.611. The number of amides is 1. The number of nitrogens with zero attached hydrogens (tertiary/aromatic N) is 3. The molecule has 0 bridgehead atoms. The number of hydrogen-bond donors (Lipinski definition) is 1. The molecule has 1 aromatic carbocycles. The molecule has 6 nitrogen and oxygen atoms in total. The predicted octanol–water partition coefficient (Wildman–Crippen LogP) is 3.88. The van der Waals surface area contributed by atoms with Crippen molar-refractivity contribution in [2.45, 2.75) is 23.5 Å². The van der Waals surface area contributed by atoms with Gasteiger partial charge < -0.3 is 9.73 Å². The lowest BCUT2D eigenvalue weighted by Crippen LogP contribution is -2.14. The number of nitrogens with one attached hydrogen (secondary N) is 1. The second-order valence-electron chi connectivity index (χ2n) is 5.03. The molecule has 9 heteroatoms. The second-order valence-corrected chi connectivity index (χ2v) is 7.87. The van der Waals surface area contributed by atoms with E-state index in [1.807, 2.05) is 42.8 Å².